The number of fused-ring (bicyclic) bond motifs is 3. The van der Waals surface area contributed by atoms with Crippen LogP contribution in [0.1, 0.15) is 45.4 Å². The fourth-order valence-corrected chi connectivity index (χ4v) is 7.82. The molecule has 3 heterocycles. The number of nitrogens with two attached hydrogens (primary N) is 1. The van der Waals surface area contributed by atoms with E-state index in [9.17, 15) is 21.6 Å². The molecule has 0 bridgehead atoms. The highest BCUT2D eigenvalue weighted by molar-refractivity contribution is 7.89. The van der Waals surface area contributed by atoms with E-state index in [1.54, 1.807) is 11.2 Å². The third-order valence-electron chi connectivity index (χ3n) is 7.73. The summed E-state index contributed by atoms with van der Waals surface area (Å²) in [7, 11) is -3.65. The van der Waals surface area contributed by atoms with Crippen molar-refractivity contribution >= 4 is 10.0 Å². The van der Waals surface area contributed by atoms with E-state index >= 15 is 0 Å². The number of hydrogen-bond acceptors (Lipinski definition) is 7. The number of alkyl halides is 3. The van der Waals surface area contributed by atoms with Crippen molar-refractivity contribution in [2.24, 2.45) is 23.6 Å². The molecule has 0 amide bonds. The molecule has 31 heavy (non-hydrogen) atoms. The summed E-state index contributed by atoms with van der Waals surface area (Å²) >= 11 is 0. The van der Waals surface area contributed by atoms with E-state index in [0.717, 1.165) is 32.2 Å². The van der Waals surface area contributed by atoms with Gasteiger partial charge in [-0.05, 0) is 63.8 Å². The van der Waals surface area contributed by atoms with Crippen LogP contribution >= 0.6 is 0 Å². The van der Waals surface area contributed by atoms with Crippen LogP contribution in [0.2, 0.25) is 0 Å². The monoisotopic (exact) mass is 468 g/mol. The maximum absolute atomic E-state index is 13.6. The molecule has 0 aromatic rings. The SMILES string of the molecule is CC(CN(N)C1CC(C(F)(F)F)CCN1)S(=O)(=O)N1CCCC2CCC3CNNC3C21. The first-order valence-electron chi connectivity index (χ1n) is 11.4. The van der Waals surface area contributed by atoms with E-state index in [1.165, 1.54) is 5.01 Å². The predicted octanol–water partition coefficient (Wildman–Crippen LogP) is 0.735. The van der Waals surface area contributed by atoms with E-state index in [-0.39, 0.29) is 38.0 Å². The lowest BCUT2D eigenvalue weighted by molar-refractivity contribution is -0.187. The van der Waals surface area contributed by atoms with Crippen LogP contribution in [0.25, 0.3) is 0 Å². The summed E-state index contributed by atoms with van der Waals surface area (Å²) in [5, 5.41) is 3.45. The van der Waals surface area contributed by atoms with Gasteiger partial charge in [-0.15, -0.1) is 0 Å². The zero-order valence-electron chi connectivity index (χ0n) is 17.9. The summed E-state index contributed by atoms with van der Waals surface area (Å²) in [5.74, 6) is 5.44. The summed E-state index contributed by atoms with van der Waals surface area (Å²) in [5.41, 5.74) is 6.49. The van der Waals surface area contributed by atoms with Crippen molar-refractivity contribution in [3.05, 3.63) is 0 Å². The lowest BCUT2D eigenvalue weighted by atomic mass is 9.72. The zero-order valence-corrected chi connectivity index (χ0v) is 18.8. The molecule has 4 fully saturated rings. The Kier molecular flexibility index (Phi) is 6.89. The van der Waals surface area contributed by atoms with Gasteiger partial charge in [0.1, 0.15) is 0 Å². The number of piperidine rings is 2. The number of rotatable bonds is 5. The van der Waals surface area contributed by atoms with Gasteiger partial charge in [0.2, 0.25) is 10.0 Å². The van der Waals surface area contributed by atoms with Crippen LogP contribution in [0.4, 0.5) is 13.2 Å². The Labute approximate surface area is 182 Å². The van der Waals surface area contributed by atoms with Gasteiger partial charge in [0.25, 0.3) is 0 Å². The average molecular weight is 469 g/mol. The van der Waals surface area contributed by atoms with Gasteiger partial charge in [-0.1, -0.05) is 0 Å². The Morgan fingerprint density at radius 1 is 1.19 bits per heavy atom. The molecule has 4 rings (SSSR count). The molecule has 1 saturated carbocycles. The Morgan fingerprint density at radius 3 is 2.68 bits per heavy atom. The van der Waals surface area contributed by atoms with Crippen LogP contribution in [0.5, 0.6) is 0 Å². The molecular formula is C19H35F3N6O2S. The van der Waals surface area contributed by atoms with Gasteiger partial charge in [-0.25, -0.2) is 13.4 Å². The first kappa shape index (κ1) is 23.7. The highest BCUT2D eigenvalue weighted by Crippen LogP contribution is 2.41. The standard InChI is InChI=1S/C19H35F3N6O2S/c1-12(11-27(23)16-9-15(6-7-24-16)19(20,21)22)31(29,30)28-8-2-3-13-4-5-14-10-25-26-17(14)18(13)28/h12-18,24-26H,2-11,23H2,1H3. The third kappa shape index (κ3) is 4.75. The molecule has 180 valence electrons. The van der Waals surface area contributed by atoms with Gasteiger partial charge in [0.15, 0.2) is 0 Å². The van der Waals surface area contributed by atoms with Gasteiger partial charge in [0.05, 0.1) is 17.3 Å². The second-order valence-corrected chi connectivity index (χ2v) is 12.0. The van der Waals surface area contributed by atoms with Crippen LogP contribution in [0, 0.1) is 17.8 Å². The summed E-state index contributed by atoms with van der Waals surface area (Å²) in [6.07, 6.45) is -1.11. The van der Waals surface area contributed by atoms with E-state index in [1.807, 2.05) is 0 Å². The molecule has 1 aliphatic carbocycles. The smallest absolute Gasteiger partial charge is 0.301 e. The Balaban J connectivity index is 1.44. The Hall–Kier alpha value is -0.500. The van der Waals surface area contributed by atoms with Crippen molar-refractivity contribution in [3.8, 4) is 0 Å². The highest BCUT2D eigenvalue weighted by Gasteiger charge is 2.50. The maximum atomic E-state index is 13.6. The molecule has 3 saturated heterocycles. The molecule has 0 aromatic heterocycles. The molecule has 7 atom stereocenters. The van der Waals surface area contributed by atoms with E-state index in [0.29, 0.717) is 18.4 Å². The van der Waals surface area contributed by atoms with Crippen LogP contribution in [0.15, 0.2) is 0 Å². The minimum absolute atomic E-state index is 0.0156. The number of nitrogens with zero attached hydrogens (tertiary/aromatic N) is 2. The molecule has 7 unspecified atom stereocenters. The van der Waals surface area contributed by atoms with E-state index in [2.05, 4.69) is 16.2 Å². The van der Waals surface area contributed by atoms with E-state index < -0.39 is 33.5 Å². The molecule has 3 aliphatic heterocycles. The van der Waals surface area contributed by atoms with Crippen LogP contribution in [-0.4, -0.2) is 73.6 Å². The number of nitrogens with one attached hydrogen (secondary N) is 3. The lowest BCUT2D eigenvalue weighted by Gasteiger charge is -2.48. The van der Waals surface area contributed by atoms with Gasteiger partial charge >= 0.3 is 6.18 Å². The number of hydrogen-bond donors (Lipinski definition) is 4. The predicted molar refractivity (Wildman–Crippen MR) is 111 cm³/mol. The zero-order chi connectivity index (χ0) is 22.4. The fourth-order valence-electron chi connectivity index (χ4n) is 5.97. The molecule has 8 nitrogen and oxygen atoms in total. The summed E-state index contributed by atoms with van der Waals surface area (Å²) in [6.45, 7) is 3.14. The number of sulfonamides is 1. The van der Waals surface area contributed by atoms with Crippen molar-refractivity contribution in [1.82, 2.24) is 25.5 Å². The molecule has 5 N–H and O–H groups in total. The van der Waals surface area contributed by atoms with Gasteiger partial charge in [-0.2, -0.15) is 17.5 Å². The topological polar surface area (TPSA) is 103 Å². The van der Waals surface area contributed by atoms with Crippen molar-refractivity contribution < 1.29 is 21.6 Å². The molecular weight excluding hydrogens is 433 g/mol. The molecule has 0 radical (unpaired) electrons. The van der Waals surface area contributed by atoms with Crippen molar-refractivity contribution in [3.63, 3.8) is 0 Å². The van der Waals surface area contributed by atoms with Crippen LogP contribution in [-0.2, 0) is 10.0 Å². The van der Waals surface area contributed by atoms with Crippen molar-refractivity contribution in [2.45, 2.75) is 75.1 Å². The lowest BCUT2D eigenvalue weighted by Crippen LogP contribution is -2.63. The first-order chi connectivity index (χ1) is 14.6. The van der Waals surface area contributed by atoms with Crippen LogP contribution < -0.4 is 22.0 Å². The minimum atomic E-state index is -4.26. The summed E-state index contributed by atoms with van der Waals surface area (Å²) in [6, 6.07) is 0.0196. The van der Waals surface area contributed by atoms with Gasteiger partial charge in [-0.3, -0.25) is 16.7 Å². The summed E-state index contributed by atoms with van der Waals surface area (Å²) < 4.78 is 68.2. The first-order valence-corrected chi connectivity index (χ1v) is 12.9. The third-order valence-corrected chi connectivity index (χ3v) is 9.98. The number of hydrazine groups is 2. The highest BCUT2D eigenvalue weighted by atomic mass is 32.2. The second-order valence-electron chi connectivity index (χ2n) is 9.68. The summed E-state index contributed by atoms with van der Waals surface area (Å²) in [4.78, 5) is 0. The molecule has 0 aromatic carbocycles. The Morgan fingerprint density at radius 2 is 1.94 bits per heavy atom. The minimum Gasteiger partial charge on any atom is -0.301 e. The van der Waals surface area contributed by atoms with Crippen molar-refractivity contribution in [2.75, 3.05) is 26.2 Å². The maximum Gasteiger partial charge on any atom is 0.391 e. The normalized spacial score (nSPS) is 38.6. The van der Waals surface area contributed by atoms with Gasteiger partial charge < -0.3 is 5.32 Å². The molecule has 12 heteroatoms. The molecule has 0 spiro atoms. The van der Waals surface area contributed by atoms with Gasteiger partial charge in [0, 0.05) is 31.7 Å². The van der Waals surface area contributed by atoms with E-state index in [4.69, 9.17) is 5.84 Å². The van der Waals surface area contributed by atoms with Crippen LogP contribution in [0.3, 0.4) is 0 Å². The number of halogens is 3. The Bertz CT molecular complexity index is 739. The van der Waals surface area contributed by atoms with Crippen molar-refractivity contribution in [1.29, 1.82) is 0 Å². The largest absolute Gasteiger partial charge is 0.391 e. The second kappa shape index (κ2) is 9.03. The quantitative estimate of drug-likeness (QED) is 0.349. The molecule has 4 aliphatic rings. The average Bonchev–Trinajstić information content (AvgIpc) is 3.22. The fraction of sp³-hybridized carbons (Fsp3) is 1.00.